The molecular weight excluding hydrogens is 174 g/mol. The predicted octanol–water partition coefficient (Wildman–Crippen LogP) is 1.97. The molecule has 78 valence electrons. The lowest BCUT2D eigenvalue weighted by molar-refractivity contribution is 0.201. The van der Waals surface area contributed by atoms with E-state index in [0.717, 1.165) is 0 Å². The van der Waals surface area contributed by atoms with Crippen molar-refractivity contribution in [2.75, 3.05) is 6.54 Å². The molecule has 1 saturated heterocycles. The average Bonchev–Trinajstić information content (AvgIpc) is 2.70. The van der Waals surface area contributed by atoms with E-state index in [9.17, 15) is 0 Å². The minimum absolute atomic E-state index is 0.552. The molecule has 0 radical (unpaired) electrons. The van der Waals surface area contributed by atoms with Crippen LogP contribution in [0, 0.1) is 0 Å². The summed E-state index contributed by atoms with van der Waals surface area (Å²) in [5.41, 5.74) is 1.23. The van der Waals surface area contributed by atoms with Crippen molar-refractivity contribution >= 4 is 0 Å². The Hall–Kier alpha value is -0.830. The highest BCUT2D eigenvalue weighted by atomic mass is 15.3. The SMILES string of the molecule is CC(C)N1CCCC1c1ccn(C)n1. The van der Waals surface area contributed by atoms with Gasteiger partial charge in [-0.25, -0.2) is 0 Å². The second-order valence-electron chi connectivity index (χ2n) is 4.40. The smallest absolute Gasteiger partial charge is 0.0796 e. The lowest BCUT2D eigenvalue weighted by Gasteiger charge is -2.26. The van der Waals surface area contributed by atoms with Crippen molar-refractivity contribution in [2.45, 2.75) is 38.8 Å². The molecule has 0 aromatic carbocycles. The lowest BCUT2D eigenvalue weighted by atomic mass is 10.1. The molecule has 1 aliphatic rings. The summed E-state index contributed by atoms with van der Waals surface area (Å²) in [7, 11) is 1.98. The van der Waals surface area contributed by atoms with Crippen LogP contribution in [0.15, 0.2) is 12.3 Å². The minimum Gasteiger partial charge on any atom is -0.292 e. The van der Waals surface area contributed by atoms with Gasteiger partial charge in [0.05, 0.1) is 11.7 Å². The summed E-state index contributed by atoms with van der Waals surface area (Å²) in [5.74, 6) is 0. The molecule has 1 aliphatic heterocycles. The average molecular weight is 193 g/mol. The Morgan fingerprint density at radius 1 is 1.50 bits per heavy atom. The molecule has 0 spiro atoms. The molecule has 0 amide bonds. The second-order valence-corrected chi connectivity index (χ2v) is 4.40. The summed E-state index contributed by atoms with van der Waals surface area (Å²) in [4.78, 5) is 2.54. The summed E-state index contributed by atoms with van der Waals surface area (Å²) in [5, 5.41) is 4.50. The quantitative estimate of drug-likeness (QED) is 0.716. The highest BCUT2D eigenvalue weighted by Gasteiger charge is 2.29. The number of aromatic nitrogens is 2. The van der Waals surface area contributed by atoms with Crippen LogP contribution in [-0.2, 0) is 7.05 Å². The van der Waals surface area contributed by atoms with E-state index in [1.807, 2.05) is 17.9 Å². The van der Waals surface area contributed by atoms with Gasteiger partial charge in [0, 0.05) is 19.3 Å². The van der Waals surface area contributed by atoms with E-state index in [2.05, 4.69) is 29.9 Å². The maximum Gasteiger partial charge on any atom is 0.0796 e. The first-order chi connectivity index (χ1) is 6.68. The number of likely N-dealkylation sites (tertiary alicyclic amines) is 1. The van der Waals surface area contributed by atoms with Gasteiger partial charge in [0.2, 0.25) is 0 Å². The van der Waals surface area contributed by atoms with Crippen LogP contribution in [0.5, 0.6) is 0 Å². The van der Waals surface area contributed by atoms with Gasteiger partial charge in [0.15, 0.2) is 0 Å². The summed E-state index contributed by atoms with van der Waals surface area (Å²) in [6, 6.07) is 3.33. The molecule has 0 bridgehead atoms. The first-order valence-electron chi connectivity index (χ1n) is 5.44. The first kappa shape index (κ1) is 9.71. The largest absolute Gasteiger partial charge is 0.292 e. The molecule has 14 heavy (non-hydrogen) atoms. The molecule has 0 N–H and O–H groups in total. The summed E-state index contributed by atoms with van der Waals surface area (Å²) in [6.07, 6.45) is 4.60. The van der Waals surface area contributed by atoms with Crippen LogP contribution >= 0.6 is 0 Å². The van der Waals surface area contributed by atoms with Crippen LogP contribution in [0.2, 0.25) is 0 Å². The van der Waals surface area contributed by atoms with Crippen LogP contribution in [0.3, 0.4) is 0 Å². The molecule has 2 rings (SSSR count). The summed E-state index contributed by atoms with van der Waals surface area (Å²) < 4.78 is 1.90. The highest BCUT2D eigenvalue weighted by molar-refractivity contribution is 5.08. The number of hydrogen-bond acceptors (Lipinski definition) is 2. The van der Waals surface area contributed by atoms with Crippen molar-refractivity contribution in [3.63, 3.8) is 0 Å². The normalized spacial score (nSPS) is 23.6. The van der Waals surface area contributed by atoms with Crippen LogP contribution < -0.4 is 0 Å². The van der Waals surface area contributed by atoms with Crippen molar-refractivity contribution in [2.24, 2.45) is 7.05 Å². The van der Waals surface area contributed by atoms with Crippen molar-refractivity contribution in [3.05, 3.63) is 18.0 Å². The van der Waals surface area contributed by atoms with Crippen LogP contribution in [0.4, 0.5) is 0 Å². The zero-order valence-corrected chi connectivity index (χ0v) is 9.27. The molecule has 3 nitrogen and oxygen atoms in total. The summed E-state index contributed by atoms with van der Waals surface area (Å²) >= 11 is 0. The molecule has 1 fully saturated rings. The van der Waals surface area contributed by atoms with Crippen LogP contribution in [0.25, 0.3) is 0 Å². The fourth-order valence-corrected chi connectivity index (χ4v) is 2.34. The zero-order valence-electron chi connectivity index (χ0n) is 9.27. The summed E-state index contributed by atoms with van der Waals surface area (Å²) in [6.45, 7) is 5.75. The highest BCUT2D eigenvalue weighted by Crippen LogP contribution is 2.32. The third-order valence-electron chi connectivity index (χ3n) is 3.03. The van der Waals surface area contributed by atoms with E-state index in [-0.39, 0.29) is 0 Å². The Bertz CT molecular complexity index is 303. The number of aryl methyl sites for hydroxylation is 1. The third kappa shape index (κ3) is 1.69. The molecule has 1 unspecified atom stereocenters. The second kappa shape index (κ2) is 3.73. The Kier molecular flexibility index (Phi) is 2.59. The van der Waals surface area contributed by atoms with Gasteiger partial charge in [-0.3, -0.25) is 9.58 Å². The van der Waals surface area contributed by atoms with E-state index >= 15 is 0 Å². The van der Waals surface area contributed by atoms with Crippen molar-refractivity contribution in [3.8, 4) is 0 Å². The lowest BCUT2D eigenvalue weighted by Crippen LogP contribution is -2.30. The standard InChI is InChI=1S/C11H19N3/c1-9(2)14-7-4-5-11(14)10-6-8-13(3)12-10/h6,8-9,11H,4-5,7H2,1-3H3. The fraction of sp³-hybridized carbons (Fsp3) is 0.727. The molecule has 1 atom stereocenters. The maximum atomic E-state index is 4.50. The van der Waals surface area contributed by atoms with E-state index in [0.29, 0.717) is 12.1 Å². The van der Waals surface area contributed by atoms with Gasteiger partial charge in [-0.15, -0.1) is 0 Å². The molecule has 1 aromatic rings. The Morgan fingerprint density at radius 2 is 2.29 bits per heavy atom. The van der Waals surface area contributed by atoms with E-state index < -0.39 is 0 Å². The van der Waals surface area contributed by atoms with Crippen molar-refractivity contribution in [1.29, 1.82) is 0 Å². The van der Waals surface area contributed by atoms with Gasteiger partial charge in [0.1, 0.15) is 0 Å². The fourth-order valence-electron chi connectivity index (χ4n) is 2.34. The Morgan fingerprint density at radius 3 is 2.86 bits per heavy atom. The van der Waals surface area contributed by atoms with Gasteiger partial charge >= 0.3 is 0 Å². The molecule has 1 aromatic heterocycles. The Balaban J connectivity index is 2.17. The number of rotatable bonds is 2. The molecular formula is C11H19N3. The molecule has 0 aliphatic carbocycles. The monoisotopic (exact) mass is 193 g/mol. The topological polar surface area (TPSA) is 21.1 Å². The molecule has 3 heteroatoms. The third-order valence-corrected chi connectivity index (χ3v) is 3.03. The van der Waals surface area contributed by atoms with Gasteiger partial charge in [-0.2, -0.15) is 5.10 Å². The van der Waals surface area contributed by atoms with Gasteiger partial charge < -0.3 is 0 Å². The van der Waals surface area contributed by atoms with E-state index in [1.165, 1.54) is 25.1 Å². The van der Waals surface area contributed by atoms with Gasteiger partial charge in [0.25, 0.3) is 0 Å². The number of nitrogens with zero attached hydrogens (tertiary/aromatic N) is 3. The van der Waals surface area contributed by atoms with Crippen LogP contribution in [0.1, 0.15) is 38.4 Å². The van der Waals surface area contributed by atoms with E-state index in [4.69, 9.17) is 0 Å². The van der Waals surface area contributed by atoms with Gasteiger partial charge in [-0.1, -0.05) is 0 Å². The predicted molar refractivity (Wildman–Crippen MR) is 57.0 cm³/mol. The first-order valence-corrected chi connectivity index (χ1v) is 5.44. The number of hydrogen-bond donors (Lipinski definition) is 0. The van der Waals surface area contributed by atoms with E-state index in [1.54, 1.807) is 0 Å². The molecule has 0 saturated carbocycles. The maximum absolute atomic E-state index is 4.50. The van der Waals surface area contributed by atoms with Crippen LogP contribution in [-0.4, -0.2) is 27.3 Å². The minimum atomic E-state index is 0.552. The Labute approximate surface area is 85.7 Å². The molecule has 2 heterocycles. The zero-order chi connectivity index (χ0) is 10.1. The van der Waals surface area contributed by atoms with Crippen molar-refractivity contribution < 1.29 is 0 Å². The van der Waals surface area contributed by atoms with Crippen molar-refractivity contribution in [1.82, 2.24) is 14.7 Å². The van der Waals surface area contributed by atoms with Gasteiger partial charge in [-0.05, 0) is 39.3 Å².